The van der Waals surface area contributed by atoms with Gasteiger partial charge in [-0.25, -0.2) is 9.37 Å². The van der Waals surface area contributed by atoms with Gasteiger partial charge in [-0.2, -0.15) is 13.2 Å². The number of amidine groups is 1. The summed E-state index contributed by atoms with van der Waals surface area (Å²) < 4.78 is 61.9. The molecule has 176 valence electrons. The highest BCUT2D eigenvalue weighted by Crippen LogP contribution is 2.44. The lowest BCUT2D eigenvalue weighted by Gasteiger charge is -2.36. The Bertz CT molecular complexity index is 1110. The molecule has 0 bridgehead atoms. The number of thiazole rings is 1. The Labute approximate surface area is 194 Å². The maximum absolute atomic E-state index is 14.4. The number of carbonyl (C=O) groups is 1. The first kappa shape index (κ1) is 23.6. The van der Waals surface area contributed by atoms with E-state index in [-0.39, 0.29) is 48.4 Å². The van der Waals surface area contributed by atoms with Gasteiger partial charge in [-0.05, 0) is 17.7 Å². The highest BCUT2D eigenvalue weighted by atomic mass is 35.5. The van der Waals surface area contributed by atoms with E-state index in [0.29, 0.717) is 5.01 Å². The van der Waals surface area contributed by atoms with E-state index in [4.69, 9.17) is 16.3 Å². The summed E-state index contributed by atoms with van der Waals surface area (Å²) >= 11 is 7.28. The summed E-state index contributed by atoms with van der Waals surface area (Å²) in [5, 5.41) is 14.0. The molecule has 3 heterocycles. The molecule has 1 aromatic heterocycles. The van der Waals surface area contributed by atoms with Crippen LogP contribution in [0.5, 0.6) is 0 Å². The van der Waals surface area contributed by atoms with Gasteiger partial charge in [0.25, 0.3) is 0 Å². The fourth-order valence-electron chi connectivity index (χ4n) is 3.71. The number of carboxylic acids is 1. The molecule has 2 aliphatic rings. The zero-order valence-corrected chi connectivity index (χ0v) is 18.3. The van der Waals surface area contributed by atoms with E-state index in [1.54, 1.807) is 5.38 Å². The minimum Gasteiger partial charge on any atom is -0.480 e. The van der Waals surface area contributed by atoms with Crippen molar-refractivity contribution in [3.05, 3.63) is 62.5 Å². The van der Waals surface area contributed by atoms with E-state index in [2.05, 4.69) is 15.3 Å². The van der Waals surface area contributed by atoms with Gasteiger partial charge in [-0.15, -0.1) is 11.3 Å². The summed E-state index contributed by atoms with van der Waals surface area (Å²) in [6, 6.07) is 0.385. The zero-order valence-electron chi connectivity index (χ0n) is 16.8. The third-order valence-corrected chi connectivity index (χ3v) is 6.32. The molecule has 2 atom stereocenters. The molecule has 7 nitrogen and oxygen atoms in total. The van der Waals surface area contributed by atoms with E-state index in [0.717, 1.165) is 18.2 Å². The molecule has 2 aliphatic heterocycles. The lowest BCUT2D eigenvalue weighted by Crippen LogP contribution is -2.52. The fraction of sp³-hybridized carbons (Fsp3) is 0.350. The largest absolute Gasteiger partial charge is 0.480 e. The number of hydrogen-bond donors (Lipinski definition) is 2. The Morgan fingerprint density at radius 3 is 2.82 bits per heavy atom. The van der Waals surface area contributed by atoms with Crippen molar-refractivity contribution in [3.8, 4) is 0 Å². The molecule has 2 N–H and O–H groups in total. The number of rotatable bonds is 5. The molecule has 2 unspecified atom stereocenters. The number of aromatic nitrogens is 1. The van der Waals surface area contributed by atoms with Crippen molar-refractivity contribution in [3.63, 3.8) is 0 Å². The smallest absolute Gasteiger partial charge is 0.416 e. The number of benzene rings is 1. The van der Waals surface area contributed by atoms with Crippen molar-refractivity contribution in [2.45, 2.75) is 18.3 Å². The molecule has 0 radical (unpaired) electrons. The van der Waals surface area contributed by atoms with Gasteiger partial charge in [-0.1, -0.05) is 17.7 Å². The third-order valence-electron chi connectivity index (χ3n) is 5.21. The molecule has 1 saturated heterocycles. The topological polar surface area (TPSA) is 87.1 Å². The standard InChI is InChI=1S/C20H17ClF4N4O3S/c21-12-7-10(22)1-2-11(12)16-15(20(23,24)25)13(27-17(28-16)18-26-3-6-33-18)8-29-4-5-32-9-14(29)19(30)31/h1-3,6-7,14,16H,4-5,8-9H2,(H,27,28)(H,30,31). The van der Waals surface area contributed by atoms with Gasteiger partial charge in [0, 0.05) is 35.4 Å². The van der Waals surface area contributed by atoms with Crippen LogP contribution in [0.2, 0.25) is 5.02 Å². The molecule has 33 heavy (non-hydrogen) atoms. The number of halogens is 5. The highest BCUT2D eigenvalue weighted by Gasteiger charge is 2.46. The summed E-state index contributed by atoms with van der Waals surface area (Å²) in [5.41, 5.74) is -1.34. The van der Waals surface area contributed by atoms with E-state index >= 15 is 0 Å². The first-order valence-corrected chi connectivity index (χ1v) is 11.0. The van der Waals surface area contributed by atoms with Crippen LogP contribution in [0.1, 0.15) is 16.6 Å². The van der Waals surface area contributed by atoms with Gasteiger partial charge in [0.2, 0.25) is 0 Å². The van der Waals surface area contributed by atoms with Crippen LogP contribution in [0.4, 0.5) is 17.6 Å². The average molecular weight is 505 g/mol. The highest BCUT2D eigenvalue weighted by molar-refractivity contribution is 7.11. The second-order valence-corrected chi connectivity index (χ2v) is 8.60. The average Bonchev–Trinajstić information content (AvgIpc) is 3.27. The zero-order chi connectivity index (χ0) is 23.8. The number of aliphatic imine (C=N–C) groups is 1. The Kier molecular flexibility index (Phi) is 6.71. The SMILES string of the molecule is O=C(O)C1COCCN1CC1=C(C(F)(F)F)C(c2ccc(F)cc2Cl)N=C(c2nccs2)N1. The van der Waals surface area contributed by atoms with Crippen LogP contribution in [0, 0.1) is 5.82 Å². The number of nitrogens with zero attached hydrogens (tertiary/aromatic N) is 3. The molecule has 0 amide bonds. The van der Waals surface area contributed by atoms with Gasteiger partial charge >= 0.3 is 12.1 Å². The van der Waals surface area contributed by atoms with Crippen molar-refractivity contribution < 1.29 is 32.2 Å². The predicted molar refractivity (Wildman–Crippen MR) is 113 cm³/mol. The molecule has 0 aliphatic carbocycles. The summed E-state index contributed by atoms with van der Waals surface area (Å²) in [7, 11) is 0. The van der Waals surface area contributed by atoms with Crippen LogP contribution in [0.3, 0.4) is 0 Å². The second-order valence-electron chi connectivity index (χ2n) is 7.30. The van der Waals surface area contributed by atoms with E-state index in [9.17, 15) is 27.5 Å². The summed E-state index contributed by atoms with van der Waals surface area (Å²) in [5.74, 6) is -1.82. The normalized spacial score (nSPS) is 22.2. The molecule has 2 aromatic rings. The van der Waals surface area contributed by atoms with Gasteiger partial charge in [0.15, 0.2) is 10.8 Å². The van der Waals surface area contributed by atoms with Crippen LogP contribution in [-0.4, -0.2) is 65.3 Å². The van der Waals surface area contributed by atoms with Gasteiger partial charge < -0.3 is 15.2 Å². The molecule has 4 rings (SSSR count). The van der Waals surface area contributed by atoms with Crippen LogP contribution < -0.4 is 5.32 Å². The second kappa shape index (κ2) is 9.37. The molecular formula is C20H17ClF4N4O3S. The number of hydrogen-bond acceptors (Lipinski definition) is 7. The summed E-state index contributed by atoms with van der Waals surface area (Å²) in [4.78, 5) is 21.4. The van der Waals surface area contributed by atoms with E-state index in [1.165, 1.54) is 22.4 Å². The number of ether oxygens (including phenoxy) is 1. The Morgan fingerprint density at radius 1 is 1.39 bits per heavy atom. The molecule has 0 saturated carbocycles. The Balaban J connectivity index is 1.84. The summed E-state index contributed by atoms with van der Waals surface area (Å²) in [6.07, 6.45) is -3.36. The van der Waals surface area contributed by atoms with E-state index in [1.807, 2.05) is 0 Å². The lowest BCUT2D eigenvalue weighted by molar-refractivity contribution is -0.149. The lowest BCUT2D eigenvalue weighted by atomic mass is 9.94. The van der Waals surface area contributed by atoms with Crippen molar-refractivity contribution in [2.24, 2.45) is 4.99 Å². The van der Waals surface area contributed by atoms with Crippen molar-refractivity contribution in [2.75, 3.05) is 26.3 Å². The van der Waals surface area contributed by atoms with Gasteiger partial charge in [0.1, 0.15) is 17.9 Å². The van der Waals surface area contributed by atoms with E-state index < -0.39 is 35.6 Å². The minimum absolute atomic E-state index is 0.0322. The number of aliphatic carboxylic acids is 1. The van der Waals surface area contributed by atoms with Crippen LogP contribution >= 0.6 is 22.9 Å². The number of alkyl halides is 3. The van der Waals surface area contributed by atoms with Crippen LogP contribution in [0.15, 0.2) is 46.0 Å². The molecule has 0 spiro atoms. The molecule has 1 aromatic carbocycles. The summed E-state index contributed by atoms with van der Waals surface area (Å²) in [6.45, 7) is -0.197. The van der Waals surface area contributed by atoms with Crippen molar-refractivity contribution in [1.82, 2.24) is 15.2 Å². The third kappa shape index (κ3) is 5.03. The number of carboxylic acid groups (broad SMARTS) is 1. The number of morpholine rings is 1. The maximum Gasteiger partial charge on any atom is 0.416 e. The van der Waals surface area contributed by atoms with Crippen molar-refractivity contribution in [1.29, 1.82) is 0 Å². The quantitative estimate of drug-likeness (QED) is 0.605. The molecule has 13 heteroatoms. The Morgan fingerprint density at radius 2 is 2.18 bits per heavy atom. The Hall–Kier alpha value is -2.54. The monoisotopic (exact) mass is 504 g/mol. The van der Waals surface area contributed by atoms with Gasteiger partial charge in [0.05, 0.1) is 18.8 Å². The first-order valence-electron chi connectivity index (χ1n) is 9.69. The minimum atomic E-state index is -4.84. The maximum atomic E-state index is 14.4. The number of nitrogens with one attached hydrogen (secondary N) is 1. The molecular weight excluding hydrogens is 488 g/mol. The predicted octanol–water partition coefficient (Wildman–Crippen LogP) is 3.63. The van der Waals surface area contributed by atoms with Crippen molar-refractivity contribution >= 4 is 34.7 Å². The van der Waals surface area contributed by atoms with Crippen LogP contribution in [0.25, 0.3) is 0 Å². The molecule has 1 fully saturated rings. The van der Waals surface area contributed by atoms with Gasteiger partial charge in [-0.3, -0.25) is 14.7 Å². The van der Waals surface area contributed by atoms with Crippen LogP contribution in [-0.2, 0) is 9.53 Å². The fourth-order valence-corrected chi connectivity index (χ4v) is 4.57. The first-order chi connectivity index (χ1) is 15.6.